The van der Waals surface area contributed by atoms with Gasteiger partial charge in [0.05, 0.1) is 11.3 Å². The van der Waals surface area contributed by atoms with Gasteiger partial charge in [0.2, 0.25) is 0 Å². The van der Waals surface area contributed by atoms with E-state index < -0.39 is 5.97 Å². The van der Waals surface area contributed by atoms with Crippen LogP contribution >= 0.6 is 0 Å². The van der Waals surface area contributed by atoms with Crippen LogP contribution in [0.2, 0.25) is 0 Å². The van der Waals surface area contributed by atoms with Crippen LogP contribution in [0.3, 0.4) is 0 Å². The topological polar surface area (TPSA) is 88.0 Å². The molecule has 0 radical (unpaired) electrons. The van der Waals surface area contributed by atoms with E-state index in [4.69, 9.17) is 10.8 Å². The summed E-state index contributed by atoms with van der Waals surface area (Å²) in [5, 5.41) is 16.9. The highest BCUT2D eigenvalue weighted by molar-refractivity contribution is 5.94. The molecule has 2 aromatic rings. The third-order valence-electron chi connectivity index (χ3n) is 2.28. The van der Waals surface area contributed by atoms with Crippen LogP contribution in [0.15, 0.2) is 58.8 Å². The lowest BCUT2D eigenvalue weighted by molar-refractivity contribution is 0.0698. The lowest BCUT2D eigenvalue weighted by atomic mass is 10.1. The van der Waals surface area contributed by atoms with Crippen molar-refractivity contribution >= 4 is 23.0 Å². The van der Waals surface area contributed by atoms with E-state index in [-0.39, 0.29) is 11.3 Å². The van der Waals surface area contributed by atoms with Crippen molar-refractivity contribution in [1.82, 2.24) is 0 Å². The minimum atomic E-state index is -1.08. The number of anilines is 1. The zero-order chi connectivity index (χ0) is 13.0. The van der Waals surface area contributed by atoms with Crippen LogP contribution in [0, 0.1) is 0 Å². The Hall–Kier alpha value is -2.69. The third kappa shape index (κ3) is 2.70. The predicted molar refractivity (Wildman–Crippen MR) is 68.4 cm³/mol. The monoisotopic (exact) mass is 241 g/mol. The van der Waals surface area contributed by atoms with E-state index in [0.717, 1.165) is 0 Å². The highest BCUT2D eigenvalue weighted by atomic mass is 16.4. The van der Waals surface area contributed by atoms with Gasteiger partial charge in [-0.1, -0.05) is 18.2 Å². The van der Waals surface area contributed by atoms with Gasteiger partial charge in [-0.15, -0.1) is 5.11 Å². The number of carbonyl (C=O) groups is 1. The van der Waals surface area contributed by atoms with Gasteiger partial charge in [0.15, 0.2) is 0 Å². The van der Waals surface area contributed by atoms with Crippen LogP contribution in [-0.4, -0.2) is 11.1 Å². The van der Waals surface area contributed by atoms with Gasteiger partial charge in [0.25, 0.3) is 0 Å². The fourth-order valence-electron chi connectivity index (χ4n) is 1.42. The molecule has 0 fully saturated rings. The second-order valence-electron chi connectivity index (χ2n) is 3.62. The lowest BCUT2D eigenvalue weighted by Gasteiger charge is -2.01. The Labute approximate surface area is 104 Å². The van der Waals surface area contributed by atoms with Crippen LogP contribution in [-0.2, 0) is 0 Å². The first-order chi connectivity index (χ1) is 8.66. The summed E-state index contributed by atoms with van der Waals surface area (Å²) in [6, 6.07) is 13.6. The number of nitrogens with two attached hydrogens (primary N) is 1. The number of rotatable bonds is 3. The normalized spacial score (nSPS) is 10.7. The van der Waals surface area contributed by atoms with Crippen LogP contribution < -0.4 is 5.73 Å². The number of carboxylic acid groups (broad SMARTS) is 1. The number of nitrogens with zero attached hydrogens (tertiary/aromatic N) is 2. The molecule has 0 bridgehead atoms. The van der Waals surface area contributed by atoms with Crippen molar-refractivity contribution in [3.8, 4) is 0 Å². The summed E-state index contributed by atoms with van der Waals surface area (Å²) in [4.78, 5) is 11.0. The highest BCUT2D eigenvalue weighted by Gasteiger charge is 2.09. The van der Waals surface area contributed by atoms with Crippen molar-refractivity contribution in [2.45, 2.75) is 0 Å². The van der Waals surface area contributed by atoms with Crippen molar-refractivity contribution in [3.63, 3.8) is 0 Å². The van der Waals surface area contributed by atoms with Crippen molar-refractivity contribution in [2.75, 3.05) is 5.73 Å². The summed E-state index contributed by atoms with van der Waals surface area (Å²) in [5.41, 5.74) is 6.89. The molecule has 0 amide bonds. The Balaban J connectivity index is 2.35. The minimum absolute atomic E-state index is 0.0367. The summed E-state index contributed by atoms with van der Waals surface area (Å²) in [6.45, 7) is 0. The SMILES string of the molecule is Nc1ccc(N=Nc2ccccc2)c(C(=O)O)c1. The number of aromatic carboxylic acids is 1. The number of benzene rings is 2. The molecule has 0 saturated heterocycles. The van der Waals surface area contributed by atoms with Crippen LogP contribution in [0.5, 0.6) is 0 Å². The maximum Gasteiger partial charge on any atom is 0.338 e. The van der Waals surface area contributed by atoms with Gasteiger partial charge < -0.3 is 10.8 Å². The maximum atomic E-state index is 11.0. The molecule has 5 nitrogen and oxygen atoms in total. The molecule has 18 heavy (non-hydrogen) atoms. The standard InChI is InChI=1S/C13H11N3O2/c14-9-6-7-12(11(8-9)13(17)18)16-15-10-4-2-1-3-5-10/h1-8H,14H2,(H,17,18). The summed E-state index contributed by atoms with van der Waals surface area (Å²) in [5.74, 6) is -1.08. The Morgan fingerprint density at radius 3 is 2.44 bits per heavy atom. The highest BCUT2D eigenvalue weighted by Crippen LogP contribution is 2.24. The molecule has 0 aliphatic heterocycles. The molecule has 0 aliphatic rings. The van der Waals surface area contributed by atoms with Crippen molar-refractivity contribution < 1.29 is 9.90 Å². The van der Waals surface area contributed by atoms with E-state index in [0.29, 0.717) is 11.4 Å². The van der Waals surface area contributed by atoms with Crippen LogP contribution in [0.1, 0.15) is 10.4 Å². The molecule has 0 heterocycles. The molecule has 0 saturated carbocycles. The van der Waals surface area contributed by atoms with Crippen molar-refractivity contribution in [1.29, 1.82) is 0 Å². The summed E-state index contributed by atoms with van der Waals surface area (Å²) < 4.78 is 0. The first-order valence-electron chi connectivity index (χ1n) is 5.26. The average molecular weight is 241 g/mol. The molecule has 3 N–H and O–H groups in total. The average Bonchev–Trinajstić information content (AvgIpc) is 2.38. The fourth-order valence-corrected chi connectivity index (χ4v) is 1.42. The minimum Gasteiger partial charge on any atom is -0.478 e. The molecule has 5 heteroatoms. The van der Waals surface area contributed by atoms with Crippen molar-refractivity contribution in [2.24, 2.45) is 10.2 Å². The zero-order valence-electron chi connectivity index (χ0n) is 9.45. The number of azo groups is 1. The number of hydrogen-bond acceptors (Lipinski definition) is 4. The Bertz CT molecular complexity index is 594. The van der Waals surface area contributed by atoms with Crippen LogP contribution in [0.25, 0.3) is 0 Å². The van der Waals surface area contributed by atoms with E-state index in [1.54, 1.807) is 18.2 Å². The molecule has 0 unspecified atom stereocenters. The predicted octanol–water partition coefficient (Wildman–Crippen LogP) is 3.38. The first-order valence-corrected chi connectivity index (χ1v) is 5.26. The van der Waals surface area contributed by atoms with Gasteiger partial charge >= 0.3 is 5.97 Å². The maximum absolute atomic E-state index is 11.0. The Kier molecular flexibility index (Phi) is 3.33. The van der Waals surface area contributed by atoms with Gasteiger partial charge in [-0.3, -0.25) is 0 Å². The molecule has 2 aromatic carbocycles. The Morgan fingerprint density at radius 2 is 1.78 bits per heavy atom. The van der Waals surface area contributed by atoms with Crippen molar-refractivity contribution in [3.05, 3.63) is 54.1 Å². The molecule has 0 spiro atoms. The summed E-state index contributed by atoms with van der Waals surface area (Å²) in [7, 11) is 0. The fraction of sp³-hybridized carbons (Fsp3) is 0. The third-order valence-corrected chi connectivity index (χ3v) is 2.28. The second kappa shape index (κ2) is 5.09. The van der Waals surface area contributed by atoms with Gasteiger partial charge in [-0.2, -0.15) is 5.11 Å². The molecule has 0 aromatic heterocycles. The van der Waals surface area contributed by atoms with Gasteiger partial charge in [0, 0.05) is 5.69 Å². The summed E-state index contributed by atoms with van der Waals surface area (Å²) in [6.07, 6.45) is 0. The smallest absolute Gasteiger partial charge is 0.338 e. The number of nitrogen functional groups attached to an aromatic ring is 1. The summed E-state index contributed by atoms with van der Waals surface area (Å²) >= 11 is 0. The second-order valence-corrected chi connectivity index (χ2v) is 3.62. The van der Waals surface area contributed by atoms with Gasteiger partial charge in [-0.05, 0) is 30.3 Å². The van der Waals surface area contributed by atoms with Gasteiger partial charge in [-0.25, -0.2) is 4.79 Å². The number of carboxylic acids is 1. The molecular weight excluding hydrogens is 230 g/mol. The molecule has 2 rings (SSSR count). The van der Waals surface area contributed by atoms with E-state index in [9.17, 15) is 4.79 Å². The Morgan fingerprint density at radius 1 is 1.06 bits per heavy atom. The largest absolute Gasteiger partial charge is 0.478 e. The molecule has 90 valence electrons. The van der Waals surface area contributed by atoms with E-state index in [2.05, 4.69) is 10.2 Å². The molecular formula is C13H11N3O2. The lowest BCUT2D eigenvalue weighted by Crippen LogP contribution is -1.98. The van der Waals surface area contributed by atoms with E-state index >= 15 is 0 Å². The quantitative estimate of drug-likeness (QED) is 0.637. The first kappa shape index (κ1) is 11.8. The number of hydrogen-bond donors (Lipinski definition) is 2. The zero-order valence-corrected chi connectivity index (χ0v) is 9.45. The molecule has 0 atom stereocenters. The van der Waals surface area contributed by atoms with Gasteiger partial charge in [0.1, 0.15) is 5.69 Å². The molecule has 0 aliphatic carbocycles. The van der Waals surface area contributed by atoms with E-state index in [1.165, 1.54) is 12.1 Å². The van der Waals surface area contributed by atoms with Crippen LogP contribution in [0.4, 0.5) is 17.1 Å². The van der Waals surface area contributed by atoms with E-state index in [1.807, 2.05) is 18.2 Å².